The summed E-state index contributed by atoms with van der Waals surface area (Å²) < 4.78 is 0. The number of allylic oxidation sites excluding steroid dienone is 4. The molecule has 0 nitrogen and oxygen atoms in total. The van der Waals surface area contributed by atoms with Crippen LogP contribution in [0.2, 0.25) is 0 Å². The van der Waals surface area contributed by atoms with Crippen LogP contribution < -0.4 is 24.8 Å². The van der Waals surface area contributed by atoms with Gasteiger partial charge in [0.25, 0.3) is 0 Å². The number of fused-ring (bicyclic) bond motifs is 3. The fourth-order valence-electron chi connectivity index (χ4n) is 3.95. The minimum absolute atomic E-state index is 0. The number of hydrogen-bond donors (Lipinski definition) is 0. The van der Waals surface area contributed by atoms with E-state index >= 15 is 0 Å². The van der Waals surface area contributed by atoms with Gasteiger partial charge in [-0.15, -0.1) is 17.5 Å². The van der Waals surface area contributed by atoms with Crippen molar-refractivity contribution in [2.45, 2.75) is 86.0 Å². The van der Waals surface area contributed by atoms with E-state index in [1.54, 1.807) is 0 Å². The minimum atomic E-state index is 0. The van der Waals surface area contributed by atoms with Crippen molar-refractivity contribution in [2.24, 2.45) is 5.41 Å². The molecule has 0 fully saturated rings. The van der Waals surface area contributed by atoms with Crippen molar-refractivity contribution in [3.63, 3.8) is 0 Å². The smallest absolute Gasteiger partial charge is 1.00 e. The average molecular weight is 561 g/mol. The zero-order valence-corrected chi connectivity index (χ0v) is 25.7. The first-order valence-corrected chi connectivity index (χ1v) is 11.2. The van der Waals surface area contributed by atoms with Crippen molar-refractivity contribution in [3.8, 4) is 11.1 Å². The van der Waals surface area contributed by atoms with Crippen LogP contribution in [0.1, 0.15) is 91.0 Å². The van der Waals surface area contributed by atoms with Crippen LogP contribution in [0.5, 0.6) is 0 Å². The van der Waals surface area contributed by atoms with Crippen LogP contribution in [0.25, 0.3) is 11.1 Å². The molecule has 0 atom stereocenters. The first-order valence-electron chi connectivity index (χ1n) is 11.2. The fourth-order valence-corrected chi connectivity index (χ4v) is 3.95. The third-order valence-corrected chi connectivity index (χ3v) is 6.03. The predicted octanol–water partition coefficient (Wildman–Crippen LogP) is 2.38. The van der Waals surface area contributed by atoms with E-state index in [2.05, 4.69) is 117 Å². The minimum Gasteiger partial charge on any atom is -1.00 e. The van der Waals surface area contributed by atoms with Crippen molar-refractivity contribution in [1.29, 1.82) is 0 Å². The molecule has 0 saturated heterocycles. The molecule has 0 aliphatic heterocycles. The molecule has 4 rings (SSSR count). The van der Waals surface area contributed by atoms with Crippen molar-refractivity contribution in [3.05, 3.63) is 82.5 Å². The molecule has 0 N–H and O–H groups in total. The van der Waals surface area contributed by atoms with E-state index in [0.29, 0.717) is 5.41 Å². The summed E-state index contributed by atoms with van der Waals surface area (Å²) >= 11 is 0. The molecule has 2 aliphatic rings. The van der Waals surface area contributed by atoms with Gasteiger partial charge in [0.15, 0.2) is 0 Å². The molecular weight excluding hydrogens is 522 g/mol. The van der Waals surface area contributed by atoms with E-state index < -0.39 is 0 Å². The van der Waals surface area contributed by atoms with Gasteiger partial charge in [0, 0.05) is 0 Å². The second-order valence-electron chi connectivity index (χ2n) is 11.8. The van der Waals surface area contributed by atoms with Gasteiger partial charge >= 0.3 is 26.2 Å². The molecule has 176 valence electrons. The van der Waals surface area contributed by atoms with Crippen molar-refractivity contribution in [2.75, 3.05) is 0 Å². The van der Waals surface area contributed by atoms with Gasteiger partial charge in [-0.3, -0.25) is 6.08 Å². The summed E-state index contributed by atoms with van der Waals surface area (Å²) in [5, 5.41) is 0. The predicted molar refractivity (Wildman–Crippen MR) is 131 cm³/mol. The van der Waals surface area contributed by atoms with Crippen molar-refractivity contribution in [1.82, 2.24) is 0 Å². The van der Waals surface area contributed by atoms with Crippen LogP contribution in [-0.2, 0) is 43.5 Å². The summed E-state index contributed by atoms with van der Waals surface area (Å²) in [7, 11) is 0. The van der Waals surface area contributed by atoms with Gasteiger partial charge in [0.05, 0.1) is 0 Å². The Hall–Kier alpha value is -0.617. The van der Waals surface area contributed by atoms with Crippen LogP contribution in [0.15, 0.2) is 48.1 Å². The molecule has 3 heteroatoms. The maximum atomic E-state index is 3.67. The number of benzene rings is 2. The first kappa shape index (κ1) is 32.4. The van der Waals surface area contributed by atoms with Crippen molar-refractivity contribution >= 4 is 0 Å². The quantitative estimate of drug-likeness (QED) is 0.371. The maximum Gasteiger partial charge on any atom is 4.00 e. The number of hydrogen-bond acceptors (Lipinski definition) is 0. The van der Waals surface area contributed by atoms with Crippen LogP contribution in [0, 0.1) is 17.6 Å². The normalized spacial score (nSPS) is 13.9. The molecule has 0 heterocycles. The Morgan fingerprint density at radius 2 is 1.33 bits per heavy atom. The molecule has 0 saturated carbocycles. The Balaban J connectivity index is 0.000000733. The summed E-state index contributed by atoms with van der Waals surface area (Å²) in [4.78, 5) is 0. The van der Waals surface area contributed by atoms with Crippen LogP contribution in [0.4, 0.5) is 0 Å². The van der Waals surface area contributed by atoms with Gasteiger partial charge in [-0.25, -0.2) is 6.08 Å². The summed E-state index contributed by atoms with van der Waals surface area (Å²) in [6.07, 6.45) is 9.53. The third kappa shape index (κ3) is 7.95. The van der Waals surface area contributed by atoms with Gasteiger partial charge in [-0.05, 0) is 28.4 Å². The Morgan fingerprint density at radius 1 is 0.727 bits per heavy atom. The standard InChI is InChI=1S/C21H25.C9H13.2ClH.Zr/c1-20(2,3)16-7-9-18-14(12-16)11-15-13-17(21(4,5)6)8-10-19(15)18;1-9(2,3)8-6-4-5-7-8;;;/h7-10,12H,11H2,1-6H3;6-7H,4H2,1-3H3;2*1H;/q2*-1;;;+4/p-2. The van der Waals surface area contributed by atoms with Gasteiger partial charge in [-0.2, -0.15) is 35.4 Å². The summed E-state index contributed by atoms with van der Waals surface area (Å²) in [6, 6.07) is 15.2. The molecule has 2 aliphatic carbocycles. The summed E-state index contributed by atoms with van der Waals surface area (Å²) in [5.41, 5.74) is 10.4. The molecule has 0 bridgehead atoms. The third-order valence-electron chi connectivity index (χ3n) is 6.03. The largest absolute Gasteiger partial charge is 4.00 e. The van der Waals surface area contributed by atoms with Crippen LogP contribution >= 0.6 is 0 Å². The second kappa shape index (κ2) is 11.9. The van der Waals surface area contributed by atoms with E-state index in [0.717, 1.165) is 12.8 Å². The Bertz CT molecular complexity index is 932. The summed E-state index contributed by atoms with van der Waals surface area (Å²) in [6.45, 7) is 20.3. The zero-order chi connectivity index (χ0) is 22.3. The van der Waals surface area contributed by atoms with E-state index in [4.69, 9.17) is 0 Å². The maximum absolute atomic E-state index is 3.67. The monoisotopic (exact) mass is 558 g/mol. The number of rotatable bonds is 0. The molecule has 0 amide bonds. The Labute approximate surface area is 234 Å². The van der Waals surface area contributed by atoms with Gasteiger partial charge < -0.3 is 24.8 Å². The molecule has 2 aromatic carbocycles. The molecule has 0 radical (unpaired) electrons. The molecular formula is C30H38Cl2Zr. The molecule has 2 aromatic rings. The molecule has 0 unspecified atom stereocenters. The van der Waals surface area contributed by atoms with Gasteiger partial charge in [0.1, 0.15) is 0 Å². The van der Waals surface area contributed by atoms with Crippen LogP contribution in [-0.4, -0.2) is 0 Å². The zero-order valence-electron chi connectivity index (χ0n) is 21.7. The average Bonchev–Trinajstić information content (AvgIpc) is 3.27. The van der Waals surface area contributed by atoms with E-state index in [1.807, 2.05) is 0 Å². The first-order chi connectivity index (χ1) is 13.8. The fraction of sp³-hybridized carbons (Fsp3) is 0.467. The Kier molecular flexibility index (Phi) is 11.7. The Morgan fingerprint density at radius 3 is 1.79 bits per heavy atom. The van der Waals surface area contributed by atoms with Crippen molar-refractivity contribution < 1.29 is 51.0 Å². The van der Waals surface area contributed by atoms with E-state index in [9.17, 15) is 0 Å². The SMILES string of the molecule is CC(C)(C)C1=CC[C-]=C1.CC(C)(C)c1[c-]c2c(cc1)-c1ccc(C(C)(C)C)cc1C2.[Cl-].[Cl-].[Zr+4]. The van der Waals surface area contributed by atoms with E-state index in [-0.39, 0.29) is 61.8 Å². The topological polar surface area (TPSA) is 0 Å². The van der Waals surface area contributed by atoms with Gasteiger partial charge in [-0.1, -0.05) is 91.5 Å². The van der Waals surface area contributed by atoms with E-state index in [1.165, 1.54) is 39.0 Å². The van der Waals surface area contributed by atoms with Gasteiger partial charge in [0.2, 0.25) is 0 Å². The molecule has 0 aromatic heterocycles. The molecule has 33 heavy (non-hydrogen) atoms. The molecule has 0 spiro atoms. The summed E-state index contributed by atoms with van der Waals surface area (Å²) in [5.74, 6) is 0. The van der Waals surface area contributed by atoms with Crippen LogP contribution in [0.3, 0.4) is 0 Å². The number of halogens is 2. The second-order valence-corrected chi connectivity index (χ2v) is 11.8.